The second-order valence-corrected chi connectivity index (χ2v) is 9.66. The van der Waals surface area contributed by atoms with Crippen molar-refractivity contribution in [1.29, 1.82) is 0 Å². The van der Waals surface area contributed by atoms with Crippen LogP contribution in [0.15, 0.2) is 60.9 Å². The lowest BCUT2D eigenvalue weighted by Crippen LogP contribution is -2.51. The van der Waals surface area contributed by atoms with Crippen LogP contribution in [0.3, 0.4) is 0 Å². The fourth-order valence-electron chi connectivity index (χ4n) is 5.12. The van der Waals surface area contributed by atoms with E-state index >= 15 is 0 Å². The molecule has 2 aromatic carbocycles. The Hall–Kier alpha value is -4.34. The third kappa shape index (κ3) is 4.50. The molecule has 1 atom stereocenters. The fraction of sp³-hybridized carbons (Fsp3) is 0.333. The van der Waals surface area contributed by atoms with Crippen LogP contribution in [0.5, 0.6) is 0 Å². The number of anilines is 2. The van der Waals surface area contributed by atoms with Gasteiger partial charge in [-0.25, -0.2) is 14.6 Å². The maximum atomic E-state index is 13.3. The summed E-state index contributed by atoms with van der Waals surface area (Å²) < 4.78 is 1.78. The van der Waals surface area contributed by atoms with Crippen LogP contribution < -0.4 is 9.80 Å². The maximum Gasteiger partial charge on any atom is 0.228 e. The molecular weight excluding hydrogens is 468 g/mol. The highest BCUT2D eigenvalue weighted by Gasteiger charge is 2.38. The van der Waals surface area contributed by atoms with Crippen molar-refractivity contribution in [2.75, 3.05) is 42.5 Å². The van der Waals surface area contributed by atoms with Gasteiger partial charge >= 0.3 is 0 Å². The molecule has 10 nitrogen and oxygen atoms in total. The Morgan fingerprint density at radius 3 is 2.49 bits per heavy atom. The largest absolute Gasteiger partial charge is 0.351 e. The topological polar surface area (TPSA) is 100 Å². The van der Waals surface area contributed by atoms with Crippen molar-refractivity contribution in [3.63, 3.8) is 0 Å². The zero-order valence-corrected chi connectivity index (χ0v) is 20.7. The Morgan fingerprint density at radius 1 is 0.973 bits per heavy atom. The monoisotopic (exact) mass is 496 g/mol. The number of rotatable bonds is 5. The molecule has 10 heteroatoms. The van der Waals surface area contributed by atoms with Crippen LogP contribution >= 0.6 is 0 Å². The SMILES string of the molecule is Cc1ccc(N2C[C@H](C(=O)N3CCN(c4ncnc5c4nnn5Cc4ccccc4)CC3)CC2=O)cc1. The lowest BCUT2D eigenvalue weighted by molar-refractivity contribution is -0.136. The number of aromatic nitrogens is 5. The van der Waals surface area contributed by atoms with Crippen LogP contribution in [0.2, 0.25) is 0 Å². The second kappa shape index (κ2) is 9.61. The highest BCUT2D eigenvalue weighted by molar-refractivity contribution is 6.00. The van der Waals surface area contributed by atoms with Crippen molar-refractivity contribution in [3.8, 4) is 0 Å². The van der Waals surface area contributed by atoms with E-state index in [0.29, 0.717) is 50.4 Å². The molecule has 4 aromatic rings. The van der Waals surface area contributed by atoms with Gasteiger partial charge in [0, 0.05) is 44.8 Å². The van der Waals surface area contributed by atoms with Crippen LogP contribution in [-0.2, 0) is 16.1 Å². The molecule has 2 aliphatic heterocycles. The van der Waals surface area contributed by atoms with Gasteiger partial charge in [0.15, 0.2) is 17.0 Å². The van der Waals surface area contributed by atoms with Gasteiger partial charge in [-0.2, -0.15) is 0 Å². The number of hydrogen-bond donors (Lipinski definition) is 0. The van der Waals surface area contributed by atoms with Crippen molar-refractivity contribution >= 4 is 34.5 Å². The summed E-state index contributed by atoms with van der Waals surface area (Å²) in [4.78, 5) is 40.6. The molecule has 2 saturated heterocycles. The van der Waals surface area contributed by atoms with Crippen LogP contribution in [0.4, 0.5) is 11.5 Å². The first-order chi connectivity index (χ1) is 18.1. The highest BCUT2D eigenvalue weighted by Crippen LogP contribution is 2.28. The van der Waals surface area contributed by atoms with Crippen LogP contribution in [0.25, 0.3) is 11.2 Å². The predicted octanol–water partition coefficient (Wildman–Crippen LogP) is 2.28. The first-order valence-electron chi connectivity index (χ1n) is 12.6. The van der Waals surface area contributed by atoms with Gasteiger partial charge in [0.1, 0.15) is 6.33 Å². The van der Waals surface area contributed by atoms with Crippen molar-refractivity contribution in [2.45, 2.75) is 19.9 Å². The molecule has 4 heterocycles. The van der Waals surface area contributed by atoms with Crippen LogP contribution in [-0.4, -0.2) is 74.4 Å². The highest BCUT2D eigenvalue weighted by atomic mass is 16.2. The first-order valence-corrected chi connectivity index (χ1v) is 12.6. The molecule has 0 radical (unpaired) electrons. The molecule has 37 heavy (non-hydrogen) atoms. The smallest absolute Gasteiger partial charge is 0.228 e. The lowest BCUT2D eigenvalue weighted by Gasteiger charge is -2.36. The molecule has 0 N–H and O–H groups in total. The molecule has 6 rings (SSSR count). The summed E-state index contributed by atoms with van der Waals surface area (Å²) in [5.41, 5.74) is 4.46. The standard InChI is InChI=1S/C27H28N8O2/c1-19-7-9-22(10-8-19)34-17-21(15-23(34)36)27(37)33-13-11-32(12-14-33)25-24-26(29-18-28-25)35(31-30-24)16-20-5-3-2-4-6-20/h2-10,18,21H,11-17H2,1H3/t21-/m1/s1. The van der Waals surface area contributed by atoms with Crippen molar-refractivity contribution < 1.29 is 9.59 Å². The van der Waals surface area contributed by atoms with E-state index in [2.05, 4.69) is 25.2 Å². The molecule has 2 fully saturated rings. The number of amides is 2. The van der Waals surface area contributed by atoms with E-state index < -0.39 is 0 Å². The summed E-state index contributed by atoms with van der Waals surface area (Å²) in [5, 5.41) is 8.70. The van der Waals surface area contributed by atoms with E-state index in [9.17, 15) is 9.59 Å². The summed E-state index contributed by atoms with van der Waals surface area (Å²) in [6.07, 6.45) is 1.80. The second-order valence-electron chi connectivity index (χ2n) is 9.66. The molecule has 2 amide bonds. The lowest BCUT2D eigenvalue weighted by atomic mass is 10.1. The zero-order chi connectivity index (χ0) is 25.4. The normalized spacial score (nSPS) is 18.1. The molecule has 0 aliphatic carbocycles. The quantitative estimate of drug-likeness (QED) is 0.418. The third-order valence-electron chi connectivity index (χ3n) is 7.17. The van der Waals surface area contributed by atoms with Gasteiger partial charge < -0.3 is 14.7 Å². The molecule has 0 spiro atoms. The molecule has 2 aliphatic rings. The minimum absolute atomic E-state index is 0.00260. The number of aryl methyl sites for hydroxylation is 1. The van der Waals surface area contributed by atoms with E-state index in [1.165, 1.54) is 0 Å². The Balaban J connectivity index is 1.11. The van der Waals surface area contributed by atoms with Gasteiger partial charge in [-0.3, -0.25) is 9.59 Å². The maximum absolute atomic E-state index is 13.3. The summed E-state index contributed by atoms with van der Waals surface area (Å²) in [7, 11) is 0. The summed E-state index contributed by atoms with van der Waals surface area (Å²) in [6.45, 7) is 5.42. The van der Waals surface area contributed by atoms with Crippen molar-refractivity contribution in [2.24, 2.45) is 5.92 Å². The number of piperazine rings is 1. The predicted molar refractivity (Wildman–Crippen MR) is 139 cm³/mol. The Kier molecular flexibility index (Phi) is 5.99. The van der Waals surface area contributed by atoms with E-state index in [1.807, 2.05) is 66.4 Å². The molecule has 0 bridgehead atoms. The van der Waals surface area contributed by atoms with E-state index in [1.54, 1.807) is 15.9 Å². The summed E-state index contributed by atoms with van der Waals surface area (Å²) in [5.74, 6) is 0.467. The van der Waals surface area contributed by atoms with Gasteiger partial charge in [0.05, 0.1) is 12.5 Å². The minimum atomic E-state index is -0.316. The number of benzene rings is 2. The van der Waals surface area contributed by atoms with E-state index in [0.717, 1.165) is 22.6 Å². The van der Waals surface area contributed by atoms with Gasteiger partial charge in [0.25, 0.3) is 0 Å². The molecule has 2 aromatic heterocycles. The Labute approximate surface area is 214 Å². The van der Waals surface area contributed by atoms with Gasteiger partial charge in [0.2, 0.25) is 11.8 Å². The number of fused-ring (bicyclic) bond motifs is 1. The number of carbonyl (C=O) groups is 2. The average Bonchev–Trinajstić information content (AvgIpc) is 3.53. The number of carbonyl (C=O) groups excluding carboxylic acids is 2. The third-order valence-corrected chi connectivity index (χ3v) is 7.17. The molecule has 0 unspecified atom stereocenters. The Bertz CT molecular complexity index is 1430. The van der Waals surface area contributed by atoms with Crippen molar-refractivity contribution in [1.82, 2.24) is 29.9 Å². The molecular formula is C27H28N8O2. The van der Waals surface area contributed by atoms with Gasteiger partial charge in [-0.1, -0.05) is 53.2 Å². The van der Waals surface area contributed by atoms with Gasteiger partial charge in [-0.15, -0.1) is 5.10 Å². The van der Waals surface area contributed by atoms with E-state index in [4.69, 9.17) is 0 Å². The molecule has 188 valence electrons. The minimum Gasteiger partial charge on any atom is -0.351 e. The summed E-state index contributed by atoms with van der Waals surface area (Å²) >= 11 is 0. The van der Waals surface area contributed by atoms with Crippen LogP contribution in [0, 0.1) is 12.8 Å². The summed E-state index contributed by atoms with van der Waals surface area (Å²) in [6, 6.07) is 17.9. The number of nitrogens with zero attached hydrogens (tertiary/aromatic N) is 8. The van der Waals surface area contributed by atoms with E-state index in [-0.39, 0.29) is 24.2 Å². The fourth-order valence-corrected chi connectivity index (χ4v) is 5.12. The number of hydrogen-bond acceptors (Lipinski definition) is 7. The van der Waals surface area contributed by atoms with Gasteiger partial charge in [-0.05, 0) is 24.6 Å². The average molecular weight is 497 g/mol. The molecule has 0 saturated carbocycles. The van der Waals surface area contributed by atoms with Crippen LogP contribution in [0.1, 0.15) is 17.5 Å². The zero-order valence-electron chi connectivity index (χ0n) is 20.7. The first kappa shape index (κ1) is 23.1. The van der Waals surface area contributed by atoms with Crippen molar-refractivity contribution in [3.05, 3.63) is 72.1 Å². The Morgan fingerprint density at radius 2 is 1.73 bits per heavy atom.